The molecule has 2 atom stereocenters. The summed E-state index contributed by atoms with van der Waals surface area (Å²) in [5.41, 5.74) is 2.05. The number of hydrogen-bond donors (Lipinski definition) is 0. The molecule has 0 aliphatic heterocycles. The number of Topliss-reactive ketones (excluding diaryl/α,β-unsaturated/α-hetero) is 1. The van der Waals surface area contributed by atoms with Crippen LogP contribution in [0.4, 0.5) is 0 Å². The van der Waals surface area contributed by atoms with E-state index in [-0.39, 0.29) is 5.78 Å². The molecule has 1 aliphatic rings. The maximum absolute atomic E-state index is 12.8. The summed E-state index contributed by atoms with van der Waals surface area (Å²) in [4.78, 5) is 34.3. The van der Waals surface area contributed by atoms with Crippen molar-refractivity contribution in [2.75, 3.05) is 0 Å². The first kappa shape index (κ1) is 29.0. The van der Waals surface area contributed by atoms with Crippen molar-refractivity contribution in [1.82, 2.24) is 9.97 Å². The number of esters is 1. The van der Waals surface area contributed by atoms with Gasteiger partial charge in [-0.05, 0) is 61.4 Å². The quantitative estimate of drug-likeness (QED) is 0.0991. The predicted molar refractivity (Wildman–Crippen MR) is 149 cm³/mol. The van der Waals surface area contributed by atoms with Crippen molar-refractivity contribution in [3.05, 3.63) is 42.2 Å². The highest BCUT2D eigenvalue weighted by molar-refractivity contribution is 6.00. The van der Waals surface area contributed by atoms with Gasteiger partial charge in [0.2, 0.25) is 0 Å². The summed E-state index contributed by atoms with van der Waals surface area (Å²) in [6.07, 6.45) is 22.0. The van der Waals surface area contributed by atoms with Crippen molar-refractivity contribution >= 4 is 11.8 Å². The van der Waals surface area contributed by atoms with Crippen LogP contribution in [0.1, 0.15) is 116 Å². The summed E-state index contributed by atoms with van der Waals surface area (Å²) >= 11 is 0. The first-order chi connectivity index (χ1) is 18.1. The Morgan fingerprint density at radius 1 is 0.865 bits per heavy atom. The lowest BCUT2D eigenvalue weighted by atomic mass is 9.78. The van der Waals surface area contributed by atoms with Gasteiger partial charge in [0.15, 0.2) is 5.82 Å². The smallest absolute Gasteiger partial charge is 0.321 e. The molecule has 1 fully saturated rings. The van der Waals surface area contributed by atoms with Crippen molar-refractivity contribution < 1.29 is 14.3 Å². The van der Waals surface area contributed by atoms with Crippen LogP contribution in [-0.2, 0) is 16.0 Å². The Hall–Kier alpha value is -2.56. The van der Waals surface area contributed by atoms with E-state index in [4.69, 9.17) is 4.74 Å². The van der Waals surface area contributed by atoms with Gasteiger partial charge >= 0.3 is 5.97 Å². The molecule has 1 aromatic heterocycles. The zero-order valence-electron chi connectivity index (χ0n) is 23.1. The van der Waals surface area contributed by atoms with E-state index in [0.29, 0.717) is 30.3 Å². The zero-order valence-corrected chi connectivity index (χ0v) is 23.1. The highest BCUT2D eigenvalue weighted by Crippen LogP contribution is 2.31. The molecule has 2 unspecified atom stereocenters. The van der Waals surface area contributed by atoms with Crippen molar-refractivity contribution in [3.63, 3.8) is 0 Å². The number of aryl methyl sites for hydroxylation is 1. The maximum Gasteiger partial charge on any atom is 0.321 e. The van der Waals surface area contributed by atoms with Gasteiger partial charge in [0.05, 0.1) is 0 Å². The van der Waals surface area contributed by atoms with Crippen molar-refractivity contribution in [2.45, 2.75) is 117 Å². The molecule has 1 heterocycles. The Morgan fingerprint density at radius 2 is 1.49 bits per heavy atom. The van der Waals surface area contributed by atoms with E-state index in [2.05, 4.69) is 23.8 Å². The highest BCUT2D eigenvalue weighted by atomic mass is 16.5. The van der Waals surface area contributed by atoms with E-state index < -0.39 is 11.9 Å². The number of hydrogen-bond acceptors (Lipinski definition) is 5. The molecule has 1 saturated carbocycles. The average molecular weight is 507 g/mol. The number of unbranched alkanes of at least 4 members (excludes halogenated alkanes) is 9. The molecular formula is C32H46N2O3. The van der Waals surface area contributed by atoms with E-state index in [0.717, 1.165) is 24.8 Å². The van der Waals surface area contributed by atoms with E-state index in [1.165, 1.54) is 76.2 Å². The van der Waals surface area contributed by atoms with Crippen LogP contribution in [0.25, 0.3) is 11.4 Å². The second kappa shape index (κ2) is 16.3. The molecule has 0 N–H and O–H groups in total. The lowest BCUT2D eigenvalue weighted by molar-refractivity contribution is -0.146. The highest BCUT2D eigenvalue weighted by Gasteiger charge is 2.35. The average Bonchev–Trinajstić information content (AvgIpc) is 2.92. The van der Waals surface area contributed by atoms with E-state index in [1.54, 1.807) is 12.1 Å². The summed E-state index contributed by atoms with van der Waals surface area (Å²) in [7, 11) is 0. The molecule has 202 valence electrons. The second-order valence-electron chi connectivity index (χ2n) is 10.7. The maximum atomic E-state index is 12.8. The molecule has 1 aliphatic carbocycles. The van der Waals surface area contributed by atoms with Gasteiger partial charge in [-0.2, -0.15) is 0 Å². The Labute approximate surface area is 223 Å². The van der Waals surface area contributed by atoms with Crippen LogP contribution in [0.5, 0.6) is 5.75 Å². The molecule has 0 spiro atoms. The lowest BCUT2D eigenvalue weighted by Crippen LogP contribution is -2.34. The standard InChI is InChI=1S/C32H46N2O3/c1-3-5-7-8-9-10-11-13-15-26-23-33-31(34-24-26)27-17-19-28(20-18-27)37-32(36)29-22-25(14-12-6-4-2)16-21-30(29)35/h17-20,23-25,29H,3-16,21-22H2,1-2H3. The van der Waals surface area contributed by atoms with Gasteiger partial charge in [0.25, 0.3) is 0 Å². The Balaban J connectivity index is 1.43. The molecule has 37 heavy (non-hydrogen) atoms. The summed E-state index contributed by atoms with van der Waals surface area (Å²) < 4.78 is 5.60. The third-order valence-corrected chi connectivity index (χ3v) is 7.61. The van der Waals surface area contributed by atoms with Crippen LogP contribution < -0.4 is 4.74 Å². The largest absolute Gasteiger partial charge is 0.426 e. The number of carbonyl (C=O) groups excluding carboxylic acids is 2. The van der Waals surface area contributed by atoms with Gasteiger partial charge < -0.3 is 4.74 Å². The van der Waals surface area contributed by atoms with Gasteiger partial charge in [-0.1, -0.05) is 84.5 Å². The molecular weight excluding hydrogens is 460 g/mol. The molecule has 5 nitrogen and oxygen atoms in total. The number of ketones is 1. The molecule has 0 radical (unpaired) electrons. The molecule has 0 amide bonds. The van der Waals surface area contributed by atoms with Crippen LogP contribution in [0.3, 0.4) is 0 Å². The number of nitrogens with zero attached hydrogens (tertiary/aromatic N) is 2. The van der Waals surface area contributed by atoms with E-state index in [9.17, 15) is 9.59 Å². The first-order valence-electron chi connectivity index (χ1n) is 14.8. The Bertz CT molecular complexity index is 940. The third-order valence-electron chi connectivity index (χ3n) is 7.61. The van der Waals surface area contributed by atoms with E-state index in [1.807, 2.05) is 24.5 Å². The Kier molecular flexibility index (Phi) is 12.8. The minimum absolute atomic E-state index is 0.0221. The minimum Gasteiger partial charge on any atom is -0.426 e. The number of rotatable bonds is 16. The third kappa shape index (κ3) is 10.0. The minimum atomic E-state index is -0.628. The fourth-order valence-electron chi connectivity index (χ4n) is 5.23. The van der Waals surface area contributed by atoms with Crippen LogP contribution in [0.2, 0.25) is 0 Å². The monoisotopic (exact) mass is 506 g/mol. The summed E-state index contributed by atoms with van der Waals surface area (Å²) in [6, 6.07) is 7.26. The first-order valence-corrected chi connectivity index (χ1v) is 14.8. The van der Waals surface area contributed by atoms with Gasteiger partial charge in [0.1, 0.15) is 17.5 Å². The molecule has 3 rings (SSSR count). The molecule has 0 bridgehead atoms. The summed E-state index contributed by atoms with van der Waals surface area (Å²) in [5.74, 6) is 0.543. The van der Waals surface area contributed by atoms with Gasteiger partial charge in [-0.15, -0.1) is 0 Å². The summed E-state index contributed by atoms with van der Waals surface area (Å²) in [6.45, 7) is 4.45. The molecule has 2 aromatic rings. The lowest BCUT2D eigenvalue weighted by Gasteiger charge is -2.26. The zero-order chi connectivity index (χ0) is 26.3. The van der Waals surface area contributed by atoms with Crippen LogP contribution >= 0.6 is 0 Å². The fraction of sp³-hybridized carbons (Fsp3) is 0.625. The molecule has 0 saturated heterocycles. The van der Waals surface area contributed by atoms with Crippen molar-refractivity contribution in [2.24, 2.45) is 11.8 Å². The topological polar surface area (TPSA) is 69.2 Å². The number of aromatic nitrogens is 2. The molecule has 5 heteroatoms. The van der Waals surface area contributed by atoms with Crippen LogP contribution in [0, 0.1) is 11.8 Å². The van der Waals surface area contributed by atoms with Crippen LogP contribution in [0.15, 0.2) is 36.7 Å². The molecule has 1 aromatic carbocycles. The second-order valence-corrected chi connectivity index (χ2v) is 10.7. The normalized spacial score (nSPS) is 17.6. The van der Waals surface area contributed by atoms with Gasteiger partial charge in [0, 0.05) is 24.4 Å². The summed E-state index contributed by atoms with van der Waals surface area (Å²) in [5, 5.41) is 0. The van der Waals surface area contributed by atoms with Crippen molar-refractivity contribution in [1.29, 1.82) is 0 Å². The number of benzene rings is 1. The van der Waals surface area contributed by atoms with Gasteiger partial charge in [-0.3, -0.25) is 9.59 Å². The van der Waals surface area contributed by atoms with E-state index >= 15 is 0 Å². The Morgan fingerprint density at radius 3 is 2.16 bits per heavy atom. The number of ether oxygens (including phenoxy) is 1. The number of carbonyl (C=O) groups is 2. The predicted octanol–water partition coefficient (Wildman–Crippen LogP) is 8.30. The SMILES string of the molecule is CCCCCCCCCCc1cnc(-c2ccc(OC(=O)C3CC(CCCCC)CCC3=O)cc2)nc1. The fourth-order valence-corrected chi connectivity index (χ4v) is 5.23. The van der Waals surface area contributed by atoms with Crippen LogP contribution in [-0.4, -0.2) is 21.7 Å². The van der Waals surface area contributed by atoms with Gasteiger partial charge in [-0.25, -0.2) is 9.97 Å². The van der Waals surface area contributed by atoms with Crippen molar-refractivity contribution in [3.8, 4) is 17.1 Å².